The van der Waals surface area contributed by atoms with Gasteiger partial charge in [0, 0.05) is 18.0 Å². The Balaban J connectivity index is 2.23. The molecule has 1 aromatic rings. The van der Waals surface area contributed by atoms with Crippen LogP contribution in [0.15, 0.2) is 18.3 Å². The van der Waals surface area contributed by atoms with Gasteiger partial charge in [-0.25, -0.2) is 9.48 Å². The number of amides is 1. The summed E-state index contributed by atoms with van der Waals surface area (Å²) in [4.78, 5) is 11.2. The summed E-state index contributed by atoms with van der Waals surface area (Å²) in [6.07, 6.45) is 4.00. The number of aromatic nitrogens is 2. The number of nitrogens with two attached hydrogens (primary N) is 1. The Morgan fingerprint density at radius 3 is 2.59 bits per heavy atom. The minimum Gasteiger partial charge on any atom is -0.442 e. The van der Waals surface area contributed by atoms with Crippen LogP contribution in [0.5, 0.6) is 0 Å². The molecular formula is C15H21F2N3O2. The summed E-state index contributed by atoms with van der Waals surface area (Å²) in [6.45, 7) is 3.31. The number of rotatable bonds is 3. The fraction of sp³-hybridized carbons (Fsp3) is 0.600. The first kappa shape index (κ1) is 16.5. The average Bonchev–Trinajstić information content (AvgIpc) is 2.87. The average molecular weight is 313 g/mol. The van der Waals surface area contributed by atoms with Crippen LogP contribution in [0.25, 0.3) is 5.57 Å². The van der Waals surface area contributed by atoms with E-state index in [-0.39, 0.29) is 5.41 Å². The topological polar surface area (TPSA) is 70.1 Å². The van der Waals surface area contributed by atoms with Crippen LogP contribution in [0.4, 0.5) is 13.6 Å². The first-order valence-corrected chi connectivity index (χ1v) is 7.16. The van der Waals surface area contributed by atoms with Crippen LogP contribution in [0, 0.1) is 5.41 Å². The molecule has 0 radical (unpaired) electrons. The molecule has 5 nitrogen and oxygen atoms in total. The van der Waals surface area contributed by atoms with Gasteiger partial charge in [-0.1, -0.05) is 26.8 Å². The summed E-state index contributed by atoms with van der Waals surface area (Å²) >= 11 is 0. The van der Waals surface area contributed by atoms with Gasteiger partial charge < -0.3 is 10.5 Å². The summed E-state index contributed by atoms with van der Waals surface area (Å²) in [7, 11) is 0. The lowest BCUT2D eigenvalue weighted by atomic mass is 9.68. The zero-order valence-electron chi connectivity index (χ0n) is 13.0. The van der Waals surface area contributed by atoms with E-state index in [1.165, 1.54) is 6.20 Å². The minimum absolute atomic E-state index is 0.285. The van der Waals surface area contributed by atoms with Crippen LogP contribution < -0.4 is 5.73 Å². The monoisotopic (exact) mass is 313 g/mol. The van der Waals surface area contributed by atoms with Crippen molar-refractivity contribution in [2.24, 2.45) is 11.1 Å². The lowest BCUT2D eigenvalue weighted by Crippen LogP contribution is -2.48. The molecule has 1 unspecified atom stereocenters. The molecule has 0 saturated heterocycles. The van der Waals surface area contributed by atoms with Gasteiger partial charge in [-0.3, -0.25) is 0 Å². The zero-order valence-corrected chi connectivity index (χ0v) is 13.0. The molecule has 7 heteroatoms. The number of primary amides is 1. The number of hydrogen-bond acceptors (Lipinski definition) is 3. The third kappa shape index (κ3) is 3.13. The molecular weight excluding hydrogens is 292 g/mol. The lowest BCUT2D eigenvalue weighted by Gasteiger charge is -2.45. The Labute approximate surface area is 128 Å². The molecule has 122 valence electrons. The van der Waals surface area contributed by atoms with Crippen molar-refractivity contribution in [1.82, 2.24) is 9.78 Å². The van der Waals surface area contributed by atoms with Crippen LogP contribution in [0.1, 0.15) is 52.3 Å². The van der Waals surface area contributed by atoms with Crippen molar-refractivity contribution in [3.63, 3.8) is 0 Å². The molecule has 22 heavy (non-hydrogen) atoms. The highest BCUT2D eigenvalue weighted by Gasteiger charge is 2.46. The van der Waals surface area contributed by atoms with Gasteiger partial charge in [-0.05, 0) is 24.5 Å². The molecule has 2 rings (SSSR count). The Bertz CT molecular complexity index is 590. The molecule has 0 saturated carbocycles. The van der Waals surface area contributed by atoms with E-state index in [0.717, 1.165) is 5.57 Å². The summed E-state index contributed by atoms with van der Waals surface area (Å²) in [5.74, 6) is 0. The highest BCUT2D eigenvalue weighted by Crippen LogP contribution is 2.45. The molecule has 1 aliphatic rings. The van der Waals surface area contributed by atoms with Crippen molar-refractivity contribution in [3.8, 4) is 0 Å². The van der Waals surface area contributed by atoms with Gasteiger partial charge >= 0.3 is 12.6 Å². The number of halogens is 2. The molecule has 1 amide bonds. The van der Waals surface area contributed by atoms with Gasteiger partial charge in [0.1, 0.15) is 5.60 Å². The predicted octanol–water partition coefficient (Wildman–Crippen LogP) is 3.73. The van der Waals surface area contributed by atoms with Gasteiger partial charge in [0.15, 0.2) is 0 Å². The van der Waals surface area contributed by atoms with E-state index in [9.17, 15) is 13.6 Å². The number of carbonyl (C=O) groups is 1. The first-order chi connectivity index (χ1) is 10.1. The predicted molar refractivity (Wildman–Crippen MR) is 78.2 cm³/mol. The maximum Gasteiger partial charge on any atom is 0.405 e. The fourth-order valence-electron chi connectivity index (χ4n) is 2.80. The molecule has 0 spiro atoms. The number of allylic oxidation sites excluding steroid dienone is 1. The highest BCUT2D eigenvalue weighted by molar-refractivity contribution is 5.67. The Kier molecular flexibility index (Phi) is 4.26. The summed E-state index contributed by atoms with van der Waals surface area (Å²) in [5.41, 5.74) is 5.65. The second kappa shape index (κ2) is 5.70. The minimum atomic E-state index is -2.65. The van der Waals surface area contributed by atoms with Gasteiger partial charge in [0.2, 0.25) is 0 Å². The number of ether oxygens (including phenoxy) is 1. The van der Waals surface area contributed by atoms with Crippen molar-refractivity contribution in [3.05, 3.63) is 24.0 Å². The fourth-order valence-corrected chi connectivity index (χ4v) is 2.80. The number of hydrogen-bond donors (Lipinski definition) is 1. The quantitative estimate of drug-likeness (QED) is 0.924. The largest absolute Gasteiger partial charge is 0.442 e. The lowest BCUT2D eigenvalue weighted by molar-refractivity contribution is -0.0699. The molecule has 0 bridgehead atoms. The Hall–Kier alpha value is -1.92. The number of nitrogens with zero attached hydrogens (tertiary/aromatic N) is 2. The van der Waals surface area contributed by atoms with E-state index in [1.807, 2.05) is 26.8 Å². The second-order valence-corrected chi connectivity index (χ2v) is 6.56. The van der Waals surface area contributed by atoms with E-state index >= 15 is 0 Å². The van der Waals surface area contributed by atoms with Crippen molar-refractivity contribution in [1.29, 1.82) is 0 Å². The first-order valence-electron chi connectivity index (χ1n) is 7.16. The highest BCUT2D eigenvalue weighted by atomic mass is 19.3. The third-order valence-corrected chi connectivity index (χ3v) is 4.28. The Morgan fingerprint density at radius 2 is 2.18 bits per heavy atom. The summed E-state index contributed by atoms with van der Waals surface area (Å²) in [5, 5.41) is 3.87. The van der Waals surface area contributed by atoms with Gasteiger partial charge in [-0.2, -0.15) is 13.9 Å². The van der Waals surface area contributed by atoms with E-state index in [2.05, 4.69) is 5.10 Å². The van der Waals surface area contributed by atoms with Crippen molar-refractivity contribution in [2.75, 3.05) is 0 Å². The third-order valence-electron chi connectivity index (χ3n) is 4.28. The normalized spacial score (nSPS) is 22.5. The van der Waals surface area contributed by atoms with Gasteiger partial charge in [0.05, 0.1) is 5.69 Å². The molecule has 1 heterocycles. The van der Waals surface area contributed by atoms with Crippen molar-refractivity contribution >= 4 is 11.7 Å². The van der Waals surface area contributed by atoms with Gasteiger partial charge in [-0.15, -0.1) is 0 Å². The number of alkyl halides is 2. The zero-order chi connectivity index (χ0) is 16.5. The molecule has 1 atom stereocenters. The van der Waals surface area contributed by atoms with Crippen molar-refractivity contribution < 1.29 is 18.3 Å². The molecule has 0 fully saturated rings. The van der Waals surface area contributed by atoms with Gasteiger partial charge in [0.25, 0.3) is 0 Å². The standard InChI is InChI=1S/C15H21F2N3O2/c1-14(2,3)15(22-13(18)21)7-4-10(5-8-15)11-6-9-20(19-11)12(16)17/h4,6,9,12H,5,7-8H2,1-3H3,(H2,18,21). The SMILES string of the molecule is CC(C)(C)C1(OC(N)=O)CC=C(c2ccn(C(F)F)n2)CC1. The van der Waals surface area contributed by atoms with E-state index in [4.69, 9.17) is 10.5 Å². The van der Waals surface area contributed by atoms with E-state index < -0.39 is 18.2 Å². The van der Waals surface area contributed by atoms with Crippen LogP contribution in [0.3, 0.4) is 0 Å². The number of carbonyl (C=O) groups excluding carboxylic acids is 1. The maximum atomic E-state index is 12.6. The van der Waals surface area contributed by atoms with Crippen molar-refractivity contribution in [2.45, 2.75) is 52.2 Å². The van der Waals surface area contributed by atoms with Crippen LogP contribution >= 0.6 is 0 Å². The summed E-state index contributed by atoms with van der Waals surface area (Å²) < 4.78 is 31.2. The van der Waals surface area contributed by atoms with Crippen LogP contribution in [-0.4, -0.2) is 21.5 Å². The van der Waals surface area contributed by atoms with Crippen LogP contribution in [0.2, 0.25) is 0 Å². The summed E-state index contributed by atoms with van der Waals surface area (Å²) in [6, 6.07) is 1.57. The Morgan fingerprint density at radius 1 is 1.50 bits per heavy atom. The van der Waals surface area contributed by atoms with E-state index in [0.29, 0.717) is 29.6 Å². The molecule has 0 aliphatic heterocycles. The van der Waals surface area contributed by atoms with Crippen LogP contribution in [-0.2, 0) is 4.74 Å². The molecule has 1 aliphatic carbocycles. The second-order valence-electron chi connectivity index (χ2n) is 6.56. The smallest absolute Gasteiger partial charge is 0.405 e. The molecule has 2 N–H and O–H groups in total. The molecule has 0 aromatic carbocycles. The maximum absolute atomic E-state index is 12.6. The molecule has 1 aromatic heterocycles. The van der Waals surface area contributed by atoms with E-state index in [1.54, 1.807) is 6.07 Å².